The summed E-state index contributed by atoms with van der Waals surface area (Å²) in [6, 6.07) is -0.157. The van der Waals surface area contributed by atoms with Gasteiger partial charge in [0, 0.05) is 55.9 Å². The number of nitrogens with one attached hydrogen (secondary N) is 1. The molecule has 1 N–H and O–H groups in total. The molecule has 1 aliphatic heterocycles. The molecule has 2 unspecified atom stereocenters. The molecule has 1 aromatic heterocycles. The van der Waals surface area contributed by atoms with Crippen LogP contribution in [0.4, 0.5) is 13.2 Å². The lowest BCUT2D eigenvalue weighted by atomic mass is 9.87. The highest BCUT2D eigenvalue weighted by Gasteiger charge is 2.37. The van der Waals surface area contributed by atoms with Crippen LogP contribution in [0.25, 0.3) is 0 Å². The second-order valence-corrected chi connectivity index (χ2v) is 9.97. The SMILES string of the molecule is O=C(NCC(c1cnc(C2CCC(F)(F)CC2)s1)N1CCOCC1)C1=C(Cl)C=CCC1F. The molecule has 0 bridgehead atoms. The van der Waals surface area contributed by atoms with Gasteiger partial charge in [-0.3, -0.25) is 9.69 Å². The van der Waals surface area contributed by atoms with Gasteiger partial charge < -0.3 is 10.1 Å². The van der Waals surface area contributed by atoms with E-state index in [0.29, 0.717) is 39.1 Å². The Hall–Kier alpha value is -1.42. The van der Waals surface area contributed by atoms with Crippen LogP contribution in [0.15, 0.2) is 29.0 Å². The number of halogens is 4. The summed E-state index contributed by atoms with van der Waals surface area (Å²) in [4.78, 5) is 20.4. The van der Waals surface area contributed by atoms with Crippen LogP contribution >= 0.6 is 22.9 Å². The molecule has 1 amide bonds. The molecule has 2 aliphatic carbocycles. The van der Waals surface area contributed by atoms with Gasteiger partial charge in [0.1, 0.15) is 6.17 Å². The Morgan fingerprint density at radius 1 is 1.34 bits per heavy atom. The number of amides is 1. The van der Waals surface area contributed by atoms with Gasteiger partial charge in [0.25, 0.3) is 5.91 Å². The van der Waals surface area contributed by atoms with E-state index in [1.54, 1.807) is 18.3 Å². The highest BCUT2D eigenvalue weighted by molar-refractivity contribution is 7.11. The molecule has 2 fully saturated rings. The largest absolute Gasteiger partial charge is 0.379 e. The minimum Gasteiger partial charge on any atom is -0.379 e. The van der Waals surface area contributed by atoms with Gasteiger partial charge in [-0.15, -0.1) is 11.3 Å². The van der Waals surface area contributed by atoms with E-state index in [0.717, 1.165) is 9.88 Å². The zero-order chi connectivity index (χ0) is 22.7. The molecule has 1 saturated carbocycles. The molecule has 2 atom stereocenters. The van der Waals surface area contributed by atoms with Crippen molar-refractivity contribution in [2.75, 3.05) is 32.8 Å². The summed E-state index contributed by atoms with van der Waals surface area (Å²) in [5, 5.41) is 3.84. The predicted molar refractivity (Wildman–Crippen MR) is 118 cm³/mol. The third-order valence-corrected chi connectivity index (χ3v) is 7.89. The van der Waals surface area contributed by atoms with Crippen molar-refractivity contribution in [3.63, 3.8) is 0 Å². The summed E-state index contributed by atoms with van der Waals surface area (Å²) in [6.07, 6.45) is 4.29. The third kappa shape index (κ3) is 5.55. The molecule has 2 heterocycles. The lowest BCUT2D eigenvalue weighted by Crippen LogP contribution is -2.44. The van der Waals surface area contributed by atoms with Crippen molar-refractivity contribution in [3.8, 4) is 0 Å². The fourth-order valence-electron chi connectivity index (χ4n) is 4.41. The summed E-state index contributed by atoms with van der Waals surface area (Å²) in [7, 11) is 0. The normalized spacial score (nSPS) is 25.7. The summed E-state index contributed by atoms with van der Waals surface area (Å²) >= 11 is 7.58. The Balaban J connectivity index is 1.47. The highest BCUT2D eigenvalue weighted by atomic mass is 35.5. The summed E-state index contributed by atoms with van der Waals surface area (Å²) in [6.45, 7) is 2.83. The number of carbonyl (C=O) groups is 1. The van der Waals surface area contributed by atoms with Crippen LogP contribution in [0.5, 0.6) is 0 Å². The number of allylic oxidation sites excluding steroid dienone is 3. The number of thiazole rings is 1. The topological polar surface area (TPSA) is 54.5 Å². The van der Waals surface area contributed by atoms with E-state index in [9.17, 15) is 18.0 Å². The van der Waals surface area contributed by atoms with Crippen LogP contribution in [0.1, 0.15) is 53.9 Å². The minimum atomic E-state index is -2.57. The first kappa shape index (κ1) is 23.7. The van der Waals surface area contributed by atoms with Crippen molar-refractivity contribution in [3.05, 3.63) is 38.8 Å². The van der Waals surface area contributed by atoms with Gasteiger partial charge in [-0.05, 0) is 18.9 Å². The molecular formula is C22H27ClF3N3O2S. The van der Waals surface area contributed by atoms with Crippen molar-refractivity contribution in [1.29, 1.82) is 0 Å². The zero-order valence-electron chi connectivity index (χ0n) is 17.7. The Morgan fingerprint density at radius 2 is 2.06 bits per heavy atom. The molecule has 1 saturated heterocycles. The van der Waals surface area contributed by atoms with E-state index in [1.807, 2.05) is 0 Å². The number of ether oxygens (including phenoxy) is 1. The minimum absolute atomic E-state index is 0.0389. The quantitative estimate of drug-likeness (QED) is 0.628. The van der Waals surface area contributed by atoms with Gasteiger partial charge >= 0.3 is 0 Å². The smallest absolute Gasteiger partial charge is 0.251 e. The summed E-state index contributed by atoms with van der Waals surface area (Å²) < 4.78 is 46.8. The van der Waals surface area contributed by atoms with Gasteiger partial charge in [0.2, 0.25) is 5.92 Å². The standard InChI is InChI=1S/C22H27ClF3N3O2S/c23-15-2-1-3-16(24)19(15)20(30)27-12-17(29-8-10-31-11-9-29)18-13-28-21(32-18)14-4-6-22(25,26)7-5-14/h1-2,13-14,16-17H,3-12H2,(H,27,30). The van der Waals surface area contributed by atoms with Crippen molar-refractivity contribution in [2.24, 2.45) is 0 Å². The van der Waals surface area contributed by atoms with Gasteiger partial charge in [0.15, 0.2) is 0 Å². The molecule has 4 rings (SSSR count). The molecule has 0 spiro atoms. The first-order valence-corrected chi connectivity index (χ1v) is 12.2. The van der Waals surface area contributed by atoms with E-state index in [4.69, 9.17) is 16.3 Å². The van der Waals surface area contributed by atoms with Crippen LogP contribution in [0.2, 0.25) is 0 Å². The fourth-order valence-corrected chi connectivity index (χ4v) is 5.93. The van der Waals surface area contributed by atoms with Crippen molar-refractivity contribution in [2.45, 2.75) is 56.2 Å². The van der Waals surface area contributed by atoms with Crippen molar-refractivity contribution < 1.29 is 22.7 Å². The number of rotatable bonds is 6. The van der Waals surface area contributed by atoms with Crippen LogP contribution in [-0.4, -0.2) is 60.7 Å². The van der Waals surface area contributed by atoms with Crippen molar-refractivity contribution >= 4 is 28.8 Å². The molecule has 176 valence electrons. The average molecular weight is 490 g/mol. The molecule has 0 radical (unpaired) electrons. The predicted octanol–water partition coefficient (Wildman–Crippen LogP) is 4.72. The average Bonchev–Trinajstić information content (AvgIpc) is 3.24. The first-order valence-electron chi connectivity index (χ1n) is 11.0. The second kappa shape index (κ2) is 10.2. The number of hydrogen-bond donors (Lipinski definition) is 1. The first-order chi connectivity index (χ1) is 15.3. The van der Waals surface area contributed by atoms with Crippen LogP contribution in [0.3, 0.4) is 0 Å². The van der Waals surface area contributed by atoms with Crippen LogP contribution < -0.4 is 5.32 Å². The lowest BCUT2D eigenvalue weighted by molar-refractivity contribution is -0.118. The number of morpholine rings is 1. The third-order valence-electron chi connectivity index (χ3n) is 6.30. The zero-order valence-corrected chi connectivity index (χ0v) is 19.2. The van der Waals surface area contributed by atoms with Gasteiger partial charge in [-0.1, -0.05) is 17.7 Å². The van der Waals surface area contributed by atoms with Crippen molar-refractivity contribution in [1.82, 2.24) is 15.2 Å². The van der Waals surface area contributed by atoms with Crippen LogP contribution in [-0.2, 0) is 9.53 Å². The molecule has 1 aromatic rings. The summed E-state index contributed by atoms with van der Waals surface area (Å²) in [5.41, 5.74) is -0.0389. The van der Waals surface area contributed by atoms with E-state index < -0.39 is 18.0 Å². The second-order valence-electron chi connectivity index (χ2n) is 8.47. The Labute approximate surface area is 194 Å². The Bertz CT molecular complexity index is 876. The maximum Gasteiger partial charge on any atom is 0.251 e. The van der Waals surface area contributed by atoms with Gasteiger partial charge in [-0.25, -0.2) is 18.2 Å². The molecular weight excluding hydrogens is 463 g/mol. The number of carbonyl (C=O) groups excluding carboxylic acids is 1. The van der Waals surface area contributed by atoms with E-state index in [-0.39, 0.29) is 48.4 Å². The van der Waals surface area contributed by atoms with E-state index >= 15 is 0 Å². The monoisotopic (exact) mass is 489 g/mol. The Kier molecular flexibility index (Phi) is 7.59. The molecule has 3 aliphatic rings. The molecule has 5 nitrogen and oxygen atoms in total. The number of aromatic nitrogens is 1. The number of hydrogen-bond acceptors (Lipinski definition) is 5. The lowest BCUT2D eigenvalue weighted by Gasteiger charge is -2.34. The number of nitrogens with zero attached hydrogens (tertiary/aromatic N) is 2. The highest BCUT2D eigenvalue weighted by Crippen LogP contribution is 2.42. The van der Waals surface area contributed by atoms with Gasteiger partial charge in [0.05, 0.1) is 34.9 Å². The van der Waals surface area contributed by atoms with E-state index in [1.165, 1.54) is 11.3 Å². The molecule has 0 aromatic carbocycles. The maximum absolute atomic E-state index is 14.3. The number of alkyl halides is 3. The maximum atomic E-state index is 14.3. The Morgan fingerprint density at radius 3 is 2.75 bits per heavy atom. The van der Waals surface area contributed by atoms with Gasteiger partial charge in [-0.2, -0.15) is 0 Å². The summed E-state index contributed by atoms with van der Waals surface area (Å²) in [5.74, 6) is -3.04. The van der Waals surface area contributed by atoms with E-state index in [2.05, 4.69) is 15.2 Å². The fraction of sp³-hybridized carbons (Fsp3) is 0.636. The van der Waals surface area contributed by atoms with Crippen LogP contribution in [0, 0.1) is 0 Å². The molecule has 32 heavy (non-hydrogen) atoms. The molecule has 10 heteroatoms.